The fourth-order valence-corrected chi connectivity index (χ4v) is 0.676. The van der Waals surface area contributed by atoms with Crippen LogP contribution in [-0.2, 0) is 0 Å². The fraction of sp³-hybridized carbons (Fsp3) is 1.00. The first-order chi connectivity index (χ1) is 4.18. The SMILES string of the molecule is CCCC[C@H](O)[C@H](C)N. The highest BCUT2D eigenvalue weighted by molar-refractivity contribution is 4.65. The molecule has 0 aromatic rings. The second-order valence-electron chi connectivity index (χ2n) is 2.57. The Hall–Kier alpha value is -0.0800. The quantitative estimate of drug-likeness (QED) is 0.595. The fourth-order valence-electron chi connectivity index (χ4n) is 0.676. The van der Waals surface area contributed by atoms with Crippen LogP contribution in [0.1, 0.15) is 33.1 Å². The highest BCUT2D eigenvalue weighted by atomic mass is 16.3. The van der Waals surface area contributed by atoms with Crippen LogP contribution < -0.4 is 5.73 Å². The summed E-state index contributed by atoms with van der Waals surface area (Å²) in [6.45, 7) is 3.94. The molecule has 0 aromatic carbocycles. The van der Waals surface area contributed by atoms with Crippen molar-refractivity contribution in [2.45, 2.75) is 45.3 Å². The van der Waals surface area contributed by atoms with E-state index in [2.05, 4.69) is 6.92 Å². The minimum Gasteiger partial charge on any atom is -0.392 e. The average molecular weight is 131 g/mol. The van der Waals surface area contributed by atoms with E-state index in [1.54, 1.807) is 0 Å². The normalized spacial score (nSPS) is 17.3. The lowest BCUT2D eigenvalue weighted by molar-refractivity contribution is 0.138. The molecule has 3 N–H and O–H groups in total. The molecule has 0 saturated heterocycles. The third kappa shape index (κ3) is 4.43. The van der Waals surface area contributed by atoms with Gasteiger partial charge in [-0.2, -0.15) is 0 Å². The smallest absolute Gasteiger partial charge is 0.0688 e. The van der Waals surface area contributed by atoms with Gasteiger partial charge < -0.3 is 10.8 Å². The molecule has 2 atom stereocenters. The summed E-state index contributed by atoms with van der Waals surface area (Å²) < 4.78 is 0. The molecule has 0 fully saturated rings. The van der Waals surface area contributed by atoms with E-state index in [0.717, 1.165) is 19.3 Å². The Morgan fingerprint density at radius 3 is 2.44 bits per heavy atom. The maximum Gasteiger partial charge on any atom is 0.0688 e. The molecule has 2 heteroatoms. The van der Waals surface area contributed by atoms with Crippen LogP contribution >= 0.6 is 0 Å². The van der Waals surface area contributed by atoms with Crippen molar-refractivity contribution in [3.63, 3.8) is 0 Å². The van der Waals surface area contributed by atoms with Gasteiger partial charge in [0.25, 0.3) is 0 Å². The molecule has 0 aromatic heterocycles. The summed E-state index contributed by atoms with van der Waals surface area (Å²) in [4.78, 5) is 0. The zero-order valence-corrected chi connectivity index (χ0v) is 6.30. The predicted molar refractivity (Wildman–Crippen MR) is 39.2 cm³/mol. The zero-order chi connectivity index (χ0) is 7.28. The first-order valence-electron chi connectivity index (χ1n) is 3.62. The number of aliphatic hydroxyl groups is 1. The van der Waals surface area contributed by atoms with Gasteiger partial charge in [0.05, 0.1) is 6.10 Å². The Bertz CT molecular complexity index is 63.9. The van der Waals surface area contributed by atoms with Gasteiger partial charge in [-0.3, -0.25) is 0 Å². The lowest BCUT2D eigenvalue weighted by Crippen LogP contribution is -2.31. The number of unbranched alkanes of at least 4 members (excludes halogenated alkanes) is 1. The summed E-state index contributed by atoms with van der Waals surface area (Å²) in [5.74, 6) is 0. The van der Waals surface area contributed by atoms with Crippen LogP contribution in [-0.4, -0.2) is 17.3 Å². The molecular weight excluding hydrogens is 114 g/mol. The summed E-state index contributed by atoms with van der Waals surface area (Å²) in [7, 11) is 0. The first-order valence-corrected chi connectivity index (χ1v) is 3.62. The van der Waals surface area contributed by atoms with Crippen LogP contribution in [0.5, 0.6) is 0 Å². The number of aliphatic hydroxyl groups excluding tert-OH is 1. The first kappa shape index (κ1) is 8.92. The molecule has 9 heavy (non-hydrogen) atoms. The molecule has 0 amide bonds. The molecule has 0 aliphatic rings. The summed E-state index contributed by atoms with van der Waals surface area (Å²) in [5.41, 5.74) is 5.43. The summed E-state index contributed by atoms with van der Waals surface area (Å²) in [6, 6.07) is -0.0726. The van der Waals surface area contributed by atoms with Gasteiger partial charge in [0.1, 0.15) is 0 Å². The van der Waals surface area contributed by atoms with E-state index in [4.69, 9.17) is 10.8 Å². The Morgan fingerprint density at radius 2 is 2.11 bits per heavy atom. The van der Waals surface area contributed by atoms with Crippen molar-refractivity contribution in [2.24, 2.45) is 5.73 Å². The van der Waals surface area contributed by atoms with Crippen LogP contribution in [0.2, 0.25) is 0 Å². The third-order valence-corrected chi connectivity index (χ3v) is 1.46. The van der Waals surface area contributed by atoms with E-state index in [9.17, 15) is 0 Å². The van der Waals surface area contributed by atoms with Crippen LogP contribution in [0.25, 0.3) is 0 Å². The molecule has 0 aliphatic heterocycles. The number of hydrogen-bond acceptors (Lipinski definition) is 2. The average Bonchev–Trinajstić information content (AvgIpc) is 1.82. The maximum atomic E-state index is 9.13. The molecule has 0 heterocycles. The molecular formula is C7H17NO. The van der Waals surface area contributed by atoms with Crippen LogP contribution in [0.3, 0.4) is 0 Å². The van der Waals surface area contributed by atoms with E-state index >= 15 is 0 Å². The molecule has 0 saturated carbocycles. The van der Waals surface area contributed by atoms with Crippen LogP contribution in [0.4, 0.5) is 0 Å². The van der Waals surface area contributed by atoms with Gasteiger partial charge in [-0.25, -0.2) is 0 Å². The van der Waals surface area contributed by atoms with Crippen molar-refractivity contribution >= 4 is 0 Å². The summed E-state index contributed by atoms with van der Waals surface area (Å²) >= 11 is 0. The highest BCUT2D eigenvalue weighted by Gasteiger charge is 2.06. The van der Waals surface area contributed by atoms with Crippen molar-refractivity contribution in [3.05, 3.63) is 0 Å². The highest BCUT2D eigenvalue weighted by Crippen LogP contribution is 2.01. The Kier molecular flexibility index (Phi) is 4.72. The minimum absolute atomic E-state index is 0.0726. The lowest BCUT2D eigenvalue weighted by Gasteiger charge is -2.12. The van der Waals surface area contributed by atoms with Crippen LogP contribution in [0.15, 0.2) is 0 Å². The monoisotopic (exact) mass is 131 g/mol. The molecule has 56 valence electrons. The topological polar surface area (TPSA) is 46.2 Å². The molecule has 0 spiro atoms. The lowest BCUT2D eigenvalue weighted by atomic mass is 10.1. The van der Waals surface area contributed by atoms with E-state index in [1.807, 2.05) is 6.92 Å². The predicted octanol–water partition coefficient (Wildman–Crippen LogP) is 0.885. The number of rotatable bonds is 4. The Morgan fingerprint density at radius 1 is 1.56 bits per heavy atom. The van der Waals surface area contributed by atoms with Gasteiger partial charge in [0.15, 0.2) is 0 Å². The third-order valence-electron chi connectivity index (χ3n) is 1.46. The molecule has 0 bridgehead atoms. The Balaban J connectivity index is 3.16. The van der Waals surface area contributed by atoms with Crippen molar-refractivity contribution in [2.75, 3.05) is 0 Å². The second kappa shape index (κ2) is 4.77. The Labute approximate surface area is 57.1 Å². The van der Waals surface area contributed by atoms with Gasteiger partial charge >= 0.3 is 0 Å². The molecule has 2 nitrogen and oxygen atoms in total. The van der Waals surface area contributed by atoms with Gasteiger partial charge in [-0.05, 0) is 13.3 Å². The minimum atomic E-state index is -0.301. The van der Waals surface area contributed by atoms with Crippen molar-refractivity contribution in [1.29, 1.82) is 0 Å². The van der Waals surface area contributed by atoms with Crippen LogP contribution in [0, 0.1) is 0 Å². The molecule has 0 unspecified atom stereocenters. The van der Waals surface area contributed by atoms with Crippen molar-refractivity contribution < 1.29 is 5.11 Å². The van der Waals surface area contributed by atoms with Crippen molar-refractivity contribution in [3.8, 4) is 0 Å². The number of hydrogen-bond donors (Lipinski definition) is 2. The van der Waals surface area contributed by atoms with Crippen molar-refractivity contribution in [1.82, 2.24) is 0 Å². The van der Waals surface area contributed by atoms with E-state index < -0.39 is 0 Å². The summed E-state index contributed by atoms with van der Waals surface area (Å²) in [5, 5.41) is 9.13. The van der Waals surface area contributed by atoms with E-state index in [0.29, 0.717) is 0 Å². The second-order valence-corrected chi connectivity index (χ2v) is 2.57. The van der Waals surface area contributed by atoms with E-state index in [1.165, 1.54) is 0 Å². The molecule has 0 aliphatic carbocycles. The summed E-state index contributed by atoms with van der Waals surface area (Å²) in [6.07, 6.45) is 2.74. The largest absolute Gasteiger partial charge is 0.392 e. The zero-order valence-electron chi connectivity index (χ0n) is 6.30. The van der Waals surface area contributed by atoms with Gasteiger partial charge in [0, 0.05) is 6.04 Å². The van der Waals surface area contributed by atoms with Gasteiger partial charge in [-0.15, -0.1) is 0 Å². The standard InChI is InChI=1S/C7H17NO/c1-3-4-5-7(9)6(2)8/h6-7,9H,3-5,8H2,1-2H3/t6-,7-/m0/s1. The van der Waals surface area contributed by atoms with E-state index in [-0.39, 0.29) is 12.1 Å². The maximum absolute atomic E-state index is 9.13. The number of nitrogens with two attached hydrogens (primary N) is 1. The van der Waals surface area contributed by atoms with Gasteiger partial charge in [0.2, 0.25) is 0 Å². The molecule has 0 rings (SSSR count). The van der Waals surface area contributed by atoms with Gasteiger partial charge in [-0.1, -0.05) is 19.8 Å². The molecule has 0 radical (unpaired) electrons.